The lowest BCUT2D eigenvalue weighted by atomic mass is 10.00. The first kappa shape index (κ1) is 15.5. The molecule has 0 aliphatic carbocycles. The van der Waals surface area contributed by atoms with Crippen molar-refractivity contribution in [3.63, 3.8) is 0 Å². The molecule has 22 heavy (non-hydrogen) atoms. The van der Waals surface area contributed by atoms with Crippen molar-refractivity contribution < 1.29 is 18.1 Å². The molecule has 120 valence electrons. The summed E-state index contributed by atoms with van der Waals surface area (Å²) < 4.78 is 27.5. The minimum absolute atomic E-state index is 0.147. The Morgan fingerprint density at radius 2 is 1.86 bits per heavy atom. The smallest absolute Gasteiger partial charge is 0.240 e. The Labute approximate surface area is 131 Å². The van der Waals surface area contributed by atoms with Gasteiger partial charge in [-0.05, 0) is 36.1 Å². The van der Waals surface area contributed by atoms with E-state index in [0.29, 0.717) is 30.8 Å². The summed E-state index contributed by atoms with van der Waals surface area (Å²) in [5.74, 6) is 0.147. The van der Waals surface area contributed by atoms with Gasteiger partial charge in [0.1, 0.15) is 0 Å². The van der Waals surface area contributed by atoms with Crippen LogP contribution in [0.15, 0.2) is 17.0 Å². The number of carbonyl (C=O) groups excluding carboxylic acids is 1. The van der Waals surface area contributed by atoms with Crippen LogP contribution in [0.1, 0.15) is 17.5 Å². The van der Waals surface area contributed by atoms with Gasteiger partial charge in [0.05, 0.1) is 37.8 Å². The highest BCUT2D eigenvalue weighted by atomic mass is 32.2. The standard InChI is InChI=1S/C15H21N3O3S/c1-17(2)8-6-16-22(20,21)13-9-11-3-4-14(19)18-7-5-12(10-13)15(11)18/h9-10,16H,3-8H2,1-2H3/p+1. The highest BCUT2D eigenvalue weighted by molar-refractivity contribution is 7.89. The Morgan fingerprint density at radius 1 is 1.18 bits per heavy atom. The quantitative estimate of drug-likeness (QED) is 0.726. The fourth-order valence-corrected chi connectivity index (χ4v) is 4.23. The van der Waals surface area contributed by atoms with Gasteiger partial charge in [0.2, 0.25) is 15.9 Å². The fourth-order valence-electron chi connectivity index (χ4n) is 3.10. The highest BCUT2D eigenvalue weighted by Gasteiger charge is 2.32. The molecule has 3 rings (SSSR count). The molecule has 2 heterocycles. The minimum Gasteiger partial charge on any atom is -0.339 e. The van der Waals surface area contributed by atoms with Gasteiger partial charge in [-0.3, -0.25) is 4.79 Å². The Hall–Kier alpha value is -1.44. The number of likely N-dealkylation sites (N-methyl/N-ethyl adjacent to an activating group) is 1. The lowest BCUT2D eigenvalue weighted by Crippen LogP contribution is -3.06. The second kappa shape index (κ2) is 5.64. The van der Waals surface area contributed by atoms with Crippen LogP contribution in [0.25, 0.3) is 0 Å². The van der Waals surface area contributed by atoms with Gasteiger partial charge in [0.15, 0.2) is 0 Å². The number of rotatable bonds is 5. The number of quaternary nitrogens is 1. The van der Waals surface area contributed by atoms with E-state index in [2.05, 4.69) is 4.72 Å². The summed E-state index contributed by atoms with van der Waals surface area (Å²) in [6, 6.07) is 3.46. The number of benzene rings is 1. The van der Waals surface area contributed by atoms with E-state index in [-0.39, 0.29) is 5.91 Å². The van der Waals surface area contributed by atoms with Crippen LogP contribution in [0.2, 0.25) is 0 Å². The number of hydrogen-bond acceptors (Lipinski definition) is 3. The molecule has 2 aliphatic heterocycles. The van der Waals surface area contributed by atoms with Crippen molar-refractivity contribution in [3.8, 4) is 0 Å². The number of amides is 1. The average molecular weight is 324 g/mol. The molecule has 0 fully saturated rings. The monoisotopic (exact) mass is 324 g/mol. The van der Waals surface area contributed by atoms with E-state index in [0.717, 1.165) is 29.8 Å². The number of carbonyl (C=O) groups is 1. The Bertz CT molecular complexity index is 713. The molecule has 1 aromatic carbocycles. The normalized spacial score (nSPS) is 17.2. The zero-order valence-electron chi connectivity index (χ0n) is 13.0. The summed E-state index contributed by atoms with van der Waals surface area (Å²) in [4.78, 5) is 15.2. The van der Waals surface area contributed by atoms with Crippen LogP contribution in [0, 0.1) is 0 Å². The molecule has 0 atom stereocenters. The molecule has 7 heteroatoms. The first-order valence-electron chi connectivity index (χ1n) is 7.63. The predicted octanol–water partition coefficient (Wildman–Crippen LogP) is -1.06. The average Bonchev–Trinajstić information content (AvgIpc) is 2.87. The van der Waals surface area contributed by atoms with E-state index in [4.69, 9.17) is 0 Å². The third kappa shape index (κ3) is 2.76. The van der Waals surface area contributed by atoms with Gasteiger partial charge in [0, 0.05) is 13.0 Å². The number of aryl methyl sites for hydroxylation is 1. The maximum absolute atomic E-state index is 12.4. The van der Waals surface area contributed by atoms with Crippen molar-refractivity contribution in [3.05, 3.63) is 23.3 Å². The van der Waals surface area contributed by atoms with Crippen LogP contribution in [-0.4, -0.2) is 48.1 Å². The molecule has 0 saturated carbocycles. The predicted molar refractivity (Wildman–Crippen MR) is 83.7 cm³/mol. The van der Waals surface area contributed by atoms with Gasteiger partial charge >= 0.3 is 0 Å². The van der Waals surface area contributed by atoms with Crippen molar-refractivity contribution in [1.29, 1.82) is 0 Å². The zero-order chi connectivity index (χ0) is 15.9. The molecule has 0 bridgehead atoms. The Morgan fingerprint density at radius 3 is 2.55 bits per heavy atom. The number of sulfonamides is 1. The molecule has 0 saturated heterocycles. The molecular formula is C15H22N3O3S+. The number of nitrogens with zero attached hydrogens (tertiary/aromatic N) is 1. The second-order valence-corrected chi connectivity index (χ2v) is 8.01. The molecular weight excluding hydrogens is 302 g/mol. The lowest BCUT2D eigenvalue weighted by molar-refractivity contribution is -0.856. The second-order valence-electron chi connectivity index (χ2n) is 6.24. The highest BCUT2D eigenvalue weighted by Crippen LogP contribution is 2.38. The summed E-state index contributed by atoms with van der Waals surface area (Å²) in [6.45, 7) is 1.82. The van der Waals surface area contributed by atoms with E-state index in [1.165, 1.54) is 4.90 Å². The van der Waals surface area contributed by atoms with E-state index in [9.17, 15) is 13.2 Å². The molecule has 0 radical (unpaired) electrons. The molecule has 6 nitrogen and oxygen atoms in total. The maximum atomic E-state index is 12.4. The van der Waals surface area contributed by atoms with Gasteiger partial charge in [-0.1, -0.05) is 0 Å². The van der Waals surface area contributed by atoms with Gasteiger partial charge in [0.25, 0.3) is 0 Å². The first-order chi connectivity index (χ1) is 10.4. The van der Waals surface area contributed by atoms with E-state index in [1.54, 1.807) is 17.0 Å². The Balaban J connectivity index is 1.89. The number of anilines is 1. The molecule has 0 aromatic heterocycles. The van der Waals surface area contributed by atoms with Crippen molar-refractivity contribution in [2.24, 2.45) is 0 Å². The maximum Gasteiger partial charge on any atom is 0.240 e. The van der Waals surface area contributed by atoms with Crippen LogP contribution in [0.3, 0.4) is 0 Å². The largest absolute Gasteiger partial charge is 0.339 e. The molecule has 0 spiro atoms. The van der Waals surface area contributed by atoms with Crippen LogP contribution in [0.5, 0.6) is 0 Å². The summed E-state index contributed by atoms with van der Waals surface area (Å²) >= 11 is 0. The van der Waals surface area contributed by atoms with Gasteiger partial charge in [-0.25, -0.2) is 13.1 Å². The van der Waals surface area contributed by atoms with Crippen LogP contribution in [0.4, 0.5) is 5.69 Å². The van der Waals surface area contributed by atoms with E-state index < -0.39 is 10.0 Å². The molecule has 0 unspecified atom stereocenters. The Kier molecular flexibility index (Phi) is 3.96. The van der Waals surface area contributed by atoms with Gasteiger partial charge < -0.3 is 9.80 Å². The number of hydrogen-bond donors (Lipinski definition) is 2. The topological polar surface area (TPSA) is 70.9 Å². The summed E-state index contributed by atoms with van der Waals surface area (Å²) in [7, 11) is 0.487. The summed E-state index contributed by atoms with van der Waals surface area (Å²) in [6.07, 6.45) is 1.83. The van der Waals surface area contributed by atoms with Crippen molar-refractivity contribution in [2.45, 2.75) is 24.2 Å². The van der Waals surface area contributed by atoms with Crippen LogP contribution in [-0.2, 0) is 27.7 Å². The fraction of sp³-hybridized carbons (Fsp3) is 0.533. The van der Waals surface area contributed by atoms with E-state index >= 15 is 0 Å². The summed E-state index contributed by atoms with van der Waals surface area (Å²) in [5, 5.41) is 0. The first-order valence-corrected chi connectivity index (χ1v) is 9.11. The van der Waals surface area contributed by atoms with Crippen molar-refractivity contribution in [2.75, 3.05) is 38.6 Å². The zero-order valence-corrected chi connectivity index (χ0v) is 13.8. The minimum atomic E-state index is -3.48. The van der Waals surface area contributed by atoms with Crippen LogP contribution >= 0.6 is 0 Å². The molecule has 2 N–H and O–H groups in total. The third-order valence-corrected chi connectivity index (χ3v) is 5.69. The lowest BCUT2D eigenvalue weighted by Gasteiger charge is -2.25. The molecule has 1 amide bonds. The molecule has 2 aliphatic rings. The van der Waals surface area contributed by atoms with Gasteiger partial charge in [-0.15, -0.1) is 0 Å². The van der Waals surface area contributed by atoms with Gasteiger partial charge in [-0.2, -0.15) is 0 Å². The number of nitrogens with one attached hydrogen (secondary N) is 2. The van der Waals surface area contributed by atoms with Crippen LogP contribution < -0.4 is 14.5 Å². The van der Waals surface area contributed by atoms with Crippen molar-refractivity contribution >= 4 is 21.6 Å². The van der Waals surface area contributed by atoms with Crippen molar-refractivity contribution in [1.82, 2.24) is 4.72 Å². The SMILES string of the molecule is C[NH+](C)CCNS(=O)(=O)c1cc2c3c(c1)CCN3C(=O)CC2. The third-order valence-electron chi connectivity index (χ3n) is 4.25. The summed E-state index contributed by atoms with van der Waals surface area (Å²) in [5.41, 5.74) is 2.91. The van der Waals surface area contributed by atoms with E-state index in [1.807, 2.05) is 14.1 Å². The molecule has 1 aromatic rings.